The molecule has 0 heterocycles. The fourth-order valence-electron chi connectivity index (χ4n) is 2.45. The van der Waals surface area contributed by atoms with Crippen LogP contribution >= 0.6 is 11.6 Å². The summed E-state index contributed by atoms with van der Waals surface area (Å²) in [5.74, 6) is 0.653. The van der Waals surface area contributed by atoms with E-state index in [1.54, 1.807) is 31.4 Å². The molecule has 1 amide bonds. The number of nitrogens with one attached hydrogen (secondary N) is 2. The van der Waals surface area contributed by atoms with E-state index in [0.717, 1.165) is 22.7 Å². The van der Waals surface area contributed by atoms with Crippen molar-refractivity contribution in [3.8, 4) is 5.75 Å². The van der Waals surface area contributed by atoms with E-state index in [9.17, 15) is 4.79 Å². The zero-order valence-electron chi connectivity index (χ0n) is 14.3. The van der Waals surface area contributed by atoms with E-state index in [0.29, 0.717) is 17.1 Å². The van der Waals surface area contributed by atoms with Crippen LogP contribution in [0.1, 0.15) is 15.9 Å². The van der Waals surface area contributed by atoms with E-state index >= 15 is 0 Å². The number of rotatable bonds is 6. The Morgan fingerprint density at radius 1 is 0.962 bits per heavy atom. The third-order valence-corrected chi connectivity index (χ3v) is 4.12. The van der Waals surface area contributed by atoms with Gasteiger partial charge in [-0.15, -0.1) is 0 Å². The molecule has 3 aromatic carbocycles. The second-order valence-corrected chi connectivity index (χ2v) is 6.18. The van der Waals surface area contributed by atoms with E-state index in [1.807, 2.05) is 48.5 Å². The minimum atomic E-state index is -0.188. The van der Waals surface area contributed by atoms with Gasteiger partial charge in [-0.25, -0.2) is 0 Å². The summed E-state index contributed by atoms with van der Waals surface area (Å²) < 4.78 is 5.15. The van der Waals surface area contributed by atoms with Gasteiger partial charge >= 0.3 is 0 Å². The summed E-state index contributed by atoms with van der Waals surface area (Å²) in [6.45, 7) is 0.707. The highest BCUT2D eigenvalue weighted by Crippen LogP contribution is 2.18. The summed E-state index contributed by atoms with van der Waals surface area (Å²) in [4.78, 5) is 12.2. The maximum absolute atomic E-state index is 12.2. The van der Waals surface area contributed by atoms with E-state index < -0.39 is 0 Å². The molecule has 0 radical (unpaired) electrons. The Morgan fingerprint density at radius 2 is 1.65 bits per heavy atom. The van der Waals surface area contributed by atoms with Crippen LogP contribution in [0.3, 0.4) is 0 Å². The molecule has 0 bridgehead atoms. The highest BCUT2D eigenvalue weighted by Gasteiger charge is 2.06. The van der Waals surface area contributed by atoms with Crippen molar-refractivity contribution in [3.63, 3.8) is 0 Å². The molecule has 0 atom stereocenters. The molecule has 0 aliphatic heterocycles. The largest absolute Gasteiger partial charge is 0.497 e. The predicted octanol–water partition coefficient (Wildman–Crippen LogP) is 5.21. The Bertz CT molecular complexity index is 877. The van der Waals surface area contributed by atoms with Crippen LogP contribution in [0.25, 0.3) is 0 Å². The number of amides is 1. The van der Waals surface area contributed by atoms with Gasteiger partial charge in [0.15, 0.2) is 0 Å². The van der Waals surface area contributed by atoms with E-state index in [2.05, 4.69) is 10.6 Å². The molecule has 5 heteroatoms. The highest BCUT2D eigenvalue weighted by atomic mass is 35.5. The van der Waals surface area contributed by atoms with Crippen LogP contribution in [0.5, 0.6) is 5.75 Å². The minimum absolute atomic E-state index is 0.188. The van der Waals surface area contributed by atoms with Crippen LogP contribution < -0.4 is 15.4 Å². The van der Waals surface area contributed by atoms with Gasteiger partial charge in [-0.1, -0.05) is 29.8 Å². The van der Waals surface area contributed by atoms with Gasteiger partial charge in [0.2, 0.25) is 0 Å². The third-order valence-electron chi connectivity index (χ3n) is 3.89. The van der Waals surface area contributed by atoms with Crippen LogP contribution in [0.15, 0.2) is 72.8 Å². The fraction of sp³-hybridized carbons (Fsp3) is 0.0952. The van der Waals surface area contributed by atoms with Gasteiger partial charge in [0.25, 0.3) is 5.91 Å². The molecule has 0 spiro atoms. The zero-order valence-corrected chi connectivity index (χ0v) is 15.1. The first-order valence-electron chi connectivity index (χ1n) is 8.18. The van der Waals surface area contributed by atoms with Crippen molar-refractivity contribution in [3.05, 3.63) is 88.9 Å². The second kappa shape index (κ2) is 8.41. The van der Waals surface area contributed by atoms with Gasteiger partial charge < -0.3 is 15.4 Å². The number of methoxy groups -OCH3 is 1. The maximum atomic E-state index is 12.2. The number of hydrogen-bond acceptors (Lipinski definition) is 3. The molecule has 132 valence electrons. The second-order valence-electron chi connectivity index (χ2n) is 5.74. The number of carbonyl (C=O) groups excluding carboxylic acids is 1. The lowest BCUT2D eigenvalue weighted by Crippen LogP contribution is -2.11. The quantitative estimate of drug-likeness (QED) is 0.629. The van der Waals surface area contributed by atoms with Crippen LogP contribution in [-0.4, -0.2) is 13.0 Å². The van der Waals surface area contributed by atoms with Crippen molar-refractivity contribution in [2.75, 3.05) is 17.7 Å². The molecular weight excluding hydrogens is 348 g/mol. The van der Waals surface area contributed by atoms with Gasteiger partial charge in [0.1, 0.15) is 5.75 Å². The lowest BCUT2D eigenvalue weighted by atomic mass is 10.2. The molecule has 26 heavy (non-hydrogen) atoms. The summed E-state index contributed by atoms with van der Waals surface area (Å²) >= 11 is 5.92. The molecule has 4 nitrogen and oxygen atoms in total. The van der Waals surface area contributed by atoms with Crippen molar-refractivity contribution in [1.29, 1.82) is 0 Å². The molecule has 0 fully saturated rings. The van der Waals surface area contributed by atoms with Crippen LogP contribution in [0.2, 0.25) is 5.02 Å². The Hall–Kier alpha value is -2.98. The summed E-state index contributed by atoms with van der Waals surface area (Å²) in [6, 6.07) is 22.3. The molecule has 3 rings (SSSR count). The SMILES string of the molecule is COc1ccc(CNc2ccc(NC(=O)c3cccc(Cl)c3)cc2)cc1. The molecule has 2 N–H and O–H groups in total. The minimum Gasteiger partial charge on any atom is -0.497 e. The number of ether oxygens (including phenoxy) is 1. The number of halogens is 1. The van der Waals surface area contributed by atoms with Crippen LogP contribution in [0, 0.1) is 0 Å². The number of benzene rings is 3. The Kier molecular flexibility index (Phi) is 5.77. The number of carbonyl (C=O) groups is 1. The van der Waals surface area contributed by atoms with Crippen molar-refractivity contribution >= 4 is 28.9 Å². The average Bonchev–Trinajstić information content (AvgIpc) is 2.68. The molecule has 0 aliphatic carbocycles. The van der Waals surface area contributed by atoms with Gasteiger partial charge in [-0.2, -0.15) is 0 Å². The zero-order chi connectivity index (χ0) is 18.4. The monoisotopic (exact) mass is 366 g/mol. The molecule has 0 unspecified atom stereocenters. The van der Waals surface area contributed by atoms with Crippen LogP contribution in [-0.2, 0) is 6.54 Å². The lowest BCUT2D eigenvalue weighted by Gasteiger charge is -2.09. The molecular formula is C21H19ClN2O2. The Balaban J connectivity index is 1.56. The predicted molar refractivity (Wildman–Crippen MR) is 106 cm³/mol. The normalized spacial score (nSPS) is 10.2. The maximum Gasteiger partial charge on any atom is 0.255 e. The first-order chi connectivity index (χ1) is 12.6. The standard InChI is InChI=1S/C21H19ClN2O2/c1-26-20-11-5-15(6-12-20)14-23-18-7-9-19(10-8-18)24-21(25)16-3-2-4-17(22)13-16/h2-13,23H,14H2,1H3,(H,24,25). The van der Waals surface area contributed by atoms with Crippen molar-refractivity contribution in [1.82, 2.24) is 0 Å². The molecule has 0 saturated heterocycles. The number of hydrogen-bond donors (Lipinski definition) is 2. The summed E-state index contributed by atoms with van der Waals surface area (Å²) in [5.41, 5.74) is 3.38. The summed E-state index contributed by atoms with van der Waals surface area (Å²) in [5, 5.41) is 6.74. The van der Waals surface area contributed by atoms with Crippen molar-refractivity contribution in [2.24, 2.45) is 0 Å². The van der Waals surface area contributed by atoms with E-state index in [-0.39, 0.29) is 5.91 Å². The first-order valence-corrected chi connectivity index (χ1v) is 8.55. The van der Waals surface area contributed by atoms with E-state index in [4.69, 9.17) is 16.3 Å². The van der Waals surface area contributed by atoms with Gasteiger partial charge in [0.05, 0.1) is 7.11 Å². The van der Waals surface area contributed by atoms with Gasteiger partial charge in [-0.3, -0.25) is 4.79 Å². The first kappa shape index (κ1) is 17.8. The number of anilines is 2. The summed E-state index contributed by atoms with van der Waals surface area (Å²) in [6.07, 6.45) is 0. The highest BCUT2D eigenvalue weighted by molar-refractivity contribution is 6.31. The van der Waals surface area contributed by atoms with E-state index in [1.165, 1.54) is 0 Å². The van der Waals surface area contributed by atoms with Crippen LogP contribution in [0.4, 0.5) is 11.4 Å². The smallest absolute Gasteiger partial charge is 0.255 e. The van der Waals surface area contributed by atoms with Crippen molar-refractivity contribution in [2.45, 2.75) is 6.54 Å². The average molecular weight is 367 g/mol. The topological polar surface area (TPSA) is 50.4 Å². The van der Waals surface area contributed by atoms with Gasteiger partial charge in [-0.05, 0) is 60.2 Å². The molecule has 0 aromatic heterocycles. The Labute approximate surface area is 157 Å². The third kappa shape index (κ3) is 4.77. The van der Waals surface area contributed by atoms with Crippen molar-refractivity contribution < 1.29 is 9.53 Å². The fourth-order valence-corrected chi connectivity index (χ4v) is 2.64. The summed E-state index contributed by atoms with van der Waals surface area (Å²) in [7, 11) is 1.65. The molecule has 0 saturated carbocycles. The lowest BCUT2D eigenvalue weighted by molar-refractivity contribution is 0.102. The Morgan fingerprint density at radius 3 is 2.31 bits per heavy atom. The molecule has 0 aliphatic rings. The molecule has 3 aromatic rings. The van der Waals surface area contributed by atoms with Gasteiger partial charge in [0, 0.05) is 28.5 Å².